The first-order valence-electron chi connectivity index (χ1n) is 9.85. The summed E-state index contributed by atoms with van der Waals surface area (Å²) in [7, 11) is 0. The molecule has 1 amide bonds. The summed E-state index contributed by atoms with van der Waals surface area (Å²) in [6, 6.07) is 17.5. The van der Waals surface area contributed by atoms with Crippen molar-refractivity contribution >= 4 is 12.2 Å². The van der Waals surface area contributed by atoms with Crippen LogP contribution in [0.4, 0.5) is 4.79 Å². The summed E-state index contributed by atoms with van der Waals surface area (Å²) >= 11 is 0. The molecule has 0 aliphatic rings. The van der Waals surface area contributed by atoms with Crippen molar-refractivity contribution in [2.24, 2.45) is 5.41 Å². The smallest absolute Gasteiger partial charge is 0.407 e. The number of carbonyl (C=O) groups is 1. The highest BCUT2D eigenvalue weighted by Gasteiger charge is 2.22. The topological polar surface area (TPSA) is 70.0 Å². The number of benzene rings is 2. The van der Waals surface area contributed by atoms with E-state index in [2.05, 4.69) is 0 Å². The average molecular weight is 398 g/mol. The number of rotatable bonds is 9. The number of aliphatic hydroxyl groups excluding tert-OH is 1. The molecule has 0 fully saturated rings. The summed E-state index contributed by atoms with van der Waals surface area (Å²) in [6.07, 6.45) is 2.91. The van der Waals surface area contributed by atoms with Crippen LogP contribution in [0.25, 0.3) is 6.08 Å². The number of nitrogens with zero attached hydrogens (tertiary/aromatic N) is 1. The second-order valence-electron chi connectivity index (χ2n) is 8.22. The summed E-state index contributed by atoms with van der Waals surface area (Å²) in [5.74, 6) is 0.720. The minimum absolute atomic E-state index is 0.00295. The molecular weight excluding hydrogens is 366 g/mol. The highest BCUT2D eigenvalue weighted by molar-refractivity contribution is 5.65. The maximum Gasteiger partial charge on any atom is 0.407 e. The molecule has 156 valence electrons. The second kappa shape index (κ2) is 10.7. The third kappa shape index (κ3) is 8.00. The van der Waals surface area contributed by atoms with Crippen LogP contribution in [0.5, 0.6) is 5.75 Å². The summed E-state index contributed by atoms with van der Waals surface area (Å²) < 4.78 is 6.23. The van der Waals surface area contributed by atoms with E-state index in [1.807, 2.05) is 81.4 Å². The number of carboxylic acid groups (broad SMARTS) is 1. The third-order valence-corrected chi connectivity index (χ3v) is 4.34. The SMILES string of the molecule is CC(C)(C)CN(CCC(Oc1ccc(C=CCO)cc1)c1ccccc1)C(=O)O. The van der Waals surface area contributed by atoms with Gasteiger partial charge in [-0.15, -0.1) is 0 Å². The van der Waals surface area contributed by atoms with Crippen LogP contribution < -0.4 is 4.74 Å². The van der Waals surface area contributed by atoms with Crippen LogP contribution in [0.3, 0.4) is 0 Å². The van der Waals surface area contributed by atoms with Gasteiger partial charge in [0.1, 0.15) is 11.9 Å². The largest absolute Gasteiger partial charge is 0.486 e. The van der Waals surface area contributed by atoms with Gasteiger partial charge < -0.3 is 19.8 Å². The van der Waals surface area contributed by atoms with Gasteiger partial charge in [-0.1, -0.05) is 75.4 Å². The van der Waals surface area contributed by atoms with Gasteiger partial charge in [-0.3, -0.25) is 0 Å². The predicted octanol–water partition coefficient (Wildman–Crippen LogP) is 5.23. The van der Waals surface area contributed by atoms with E-state index in [1.54, 1.807) is 6.08 Å². The summed E-state index contributed by atoms with van der Waals surface area (Å²) in [6.45, 7) is 6.95. The summed E-state index contributed by atoms with van der Waals surface area (Å²) in [5, 5.41) is 18.5. The Kier molecular flexibility index (Phi) is 8.28. The van der Waals surface area contributed by atoms with Crippen molar-refractivity contribution in [2.45, 2.75) is 33.3 Å². The molecule has 0 spiro atoms. The molecule has 0 radical (unpaired) electrons. The Morgan fingerprint density at radius 3 is 2.31 bits per heavy atom. The molecule has 0 bridgehead atoms. The van der Waals surface area contributed by atoms with Gasteiger partial charge >= 0.3 is 6.09 Å². The Labute approximate surface area is 173 Å². The fourth-order valence-corrected chi connectivity index (χ4v) is 3.06. The number of hydrogen-bond donors (Lipinski definition) is 2. The first-order valence-corrected chi connectivity index (χ1v) is 9.85. The van der Waals surface area contributed by atoms with Crippen molar-refractivity contribution in [1.29, 1.82) is 0 Å². The van der Waals surface area contributed by atoms with Crippen LogP contribution in [-0.2, 0) is 0 Å². The van der Waals surface area contributed by atoms with Crippen molar-refractivity contribution in [3.8, 4) is 5.75 Å². The Morgan fingerprint density at radius 2 is 1.76 bits per heavy atom. The zero-order valence-electron chi connectivity index (χ0n) is 17.4. The van der Waals surface area contributed by atoms with Crippen LogP contribution in [0.1, 0.15) is 44.4 Å². The second-order valence-corrected chi connectivity index (χ2v) is 8.22. The number of aliphatic hydroxyl groups is 1. The van der Waals surface area contributed by atoms with E-state index in [9.17, 15) is 9.90 Å². The Hall–Kier alpha value is -2.79. The molecule has 2 aromatic rings. The Balaban J connectivity index is 2.13. The lowest BCUT2D eigenvalue weighted by Crippen LogP contribution is -2.38. The molecule has 0 saturated heterocycles. The van der Waals surface area contributed by atoms with Gasteiger partial charge in [0.05, 0.1) is 6.61 Å². The number of amides is 1. The standard InChI is InChI=1S/C24H31NO4/c1-24(2,3)18-25(23(27)28)16-15-22(20-9-5-4-6-10-20)29-21-13-11-19(12-14-21)8-7-17-26/h4-14,22,26H,15-18H2,1-3H3,(H,27,28). The van der Waals surface area contributed by atoms with E-state index in [4.69, 9.17) is 9.84 Å². The maximum atomic E-state index is 11.7. The predicted molar refractivity (Wildman–Crippen MR) is 116 cm³/mol. The van der Waals surface area contributed by atoms with Gasteiger partial charge in [-0.05, 0) is 28.7 Å². The van der Waals surface area contributed by atoms with E-state index in [0.29, 0.717) is 19.5 Å². The van der Waals surface area contributed by atoms with E-state index in [-0.39, 0.29) is 18.1 Å². The fourth-order valence-electron chi connectivity index (χ4n) is 3.06. The number of hydrogen-bond acceptors (Lipinski definition) is 3. The monoisotopic (exact) mass is 397 g/mol. The molecule has 29 heavy (non-hydrogen) atoms. The molecular formula is C24H31NO4. The molecule has 2 rings (SSSR count). The first-order chi connectivity index (χ1) is 13.8. The van der Waals surface area contributed by atoms with Crippen LogP contribution in [0.15, 0.2) is 60.7 Å². The van der Waals surface area contributed by atoms with Crippen LogP contribution in [0.2, 0.25) is 0 Å². The molecule has 5 nitrogen and oxygen atoms in total. The molecule has 0 aliphatic heterocycles. The van der Waals surface area contributed by atoms with Gasteiger partial charge in [0, 0.05) is 19.5 Å². The third-order valence-electron chi connectivity index (χ3n) is 4.34. The summed E-state index contributed by atoms with van der Waals surface area (Å²) in [5.41, 5.74) is 1.88. The number of ether oxygens (including phenoxy) is 1. The van der Waals surface area contributed by atoms with Crippen molar-refractivity contribution in [3.05, 3.63) is 71.8 Å². The zero-order valence-corrected chi connectivity index (χ0v) is 17.4. The Morgan fingerprint density at radius 1 is 1.10 bits per heavy atom. The highest BCUT2D eigenvalue weighted by Crippen LogP contribution is 2.26. The van der Waals surface area contributed by atoms with Crippen molar-refractivity contribution < 1.29 is 19.7 Å². The van der Waals surface area contributed by atoms with E-state index in [0.717, 1.165) is 16.9 Å². The van der Waals surface area contributed by atoms with E-state index in [1.165, 1.54) is 4.90 Å². The fraction of sp³-hybridized carbons (Fsp3) is 0.375. The normalized spacial score (nSPS) is 12.7. The van der Waals surface area contributed by atoms with Gasteiger partial charge in [-0.2, -0.15) is 0 Å². The molecule has 0 saturated carbocycles. The molecule has 1 atom stereocenters. The van der Waals surface area contributed by atoms with Gasteiger partial charge in [0.2, 0.25) is 0 Å². The minimum Gasteiger partial charge on any atom is -0.486 e. The minimum atomic E-state index is -0.910. The van der Waals surface area contributed by atoms with Gasteiger partial charge in [-0.25, -0.2) is 4.79 Å². The van der Waals surface area contributed by atoms with Crippen LogP contribution >= 0.6 is 0 Å². The summed E-state index contributed by atoms with van der Waals surface area (Å²) in [4.78, 5) is 13.1. The van der Waals surface area contributed by atoms with Crippen molar-refractivity contribution in [2.75, 3.05) is 19.7 Å². The van der Waals surface area contributed by atoms with E-state index < -0.39 is 6.09 Å². The average Bonchev–Trinajstić information content (AvgIpc) is 2.69. The van der Waals surface area contributed by atoms with Crippen LogP contribution in [0, 0.1) is 5.41 Å². The molecule has 1 unspecified atom stereocenters. The molecule has 0 aromatic heterocycles. The highest BCUT2D eigenvalue weighted by atomic mass is 16.5. The zero-order chi connectivity index (χ0) is 21.3. The lowest BCUT2D eigenvalue weighted by molar-refractivity contribution is 0.112. The lowest BCUT2D eigenvalue weighted by atomic mass is 9.96. The first kappa shape index (κ1) is 22.5. The molecule has 2 N–H and O–H groups in total. The van der Waals surface area contributed by atoms with Gasteiger partial charge in [0.25, 0.3) is 0 Å². The van der Waals surface area contributed by atoms with Gasteiger partial charge in [0.15, 0.2) is 0 Å². The van der Waals surface area contributed by atoms with Crippen LogP contribution in [-0.4, -0.2) is 40.9 Å². The quantitative estimate of drug-likeness (QED) is 0.608. The molecule has 0 heterocycles. The molecule has 5 heteroatoms. The maximum absolute atomic E-state index is 11.7. The van der Waals surface area contributed by atoms with Crippen molar-refractivity contribution in [3.63, 3.8) is 0 Å². The van der Waals surface area contributed by atoms with Crippen molar-refractivity contribution in [1.82, 2.24) is 4.90 Å². The van der Waals surface area contributed by atoms with E-state index >= 15 is 0 Å². The molecule has 2 aromatic carbocycles. The Bertz CT molecular complexity index is 779. The molecule has 0 aliphatic carbocycles. The lowest BCUT2D eigenvalue weighted by Gasteiger charge is -2.29.